The van der Waals surface area contributed by atoms with Crippen LogP contribution in [0.5, 0.6) is 5.75 Å². The molecule has 0 aliphatic carbocycles. The predicted molar refractivity (Wildman–Crippen MR) is 66.7 cm³/mol. The number of hydrogen-bond donors (Lipinski definition) is 0. The standard InChI is InChI=1S/C14H16O5/c1-2-17-13(15)9-19-14(16)11-7-10-5-3-4-6-12(10)18-8-11/h3-6,11H,2,7-9H2,1H3. The van der Waals surface area contributed by atoms with E-state index in [2.05, 4.69) is 4.74 Å². The minimum Gasteiger partial charge on any atom is -0.492 e. The van der Waals surface area contributed by atoms with Crippen LogP contribution in [0.2, 0.25) is 0 Å². The van der Waals surface area contributed by atoms with Crippen LogP contribution >= 0.6 is 0 Å². The molecule has 102 valence electrons. The van der Waals surface area contributed by atoms with E-state index in [4.69, 9.17) is 9.47 Å². The zero-order valence-corrected chi connectivity index (χ0v) is 10.8. The summed E-state index contributed by atoms with van der Waals surface area (Å²) in [5.74, 6) is -0.531. The molecule has 1 aromatic rings. The quantitative estimate of drug-likeness (QED) is 0.768. The average Bonchev–Trinajstić information content (AvgIpc) is 2.44. The third-order valence-electron chi connectivity index (χ3n) is 2.85. The van der Waals surface area contributed by atoms with Crippen LogP contribution in [0, 0.1) is 5.92 Å². The molecule has 1 atom stereocenters. The van der Waals surface area contributed by atoms with Gasteiger partial charge in [-0.1, -0.05) is 18.2 Å². The molecule has 0 saturated heterocycles. The largest absolute Gasteiger partial charge is 0.492 e. The van der Waals surface area contributed by atoms with Gasteiger partial charge in [-0.15, -0.1) is 0 Å². The van der Waals surface area contributed by atoms with Crippen LogP contribution < -0.4 is 4.74 Å². The van der Waals surface area contributed by atoms with Gasteiger partial charge < -0.3 is 14.2 Å². The molecular formula is C14H16O5. The van der Waals surface area contributed by atoms with Crippen molar-refractivity contribution in [3.05, 3.63) is 29.8 Å². The Hall–Kier alpha value is -2.04. The number of rotatable bonds is 4. The summed E-state index contributed by atoms with van der Waals surface area (Å²) in [6.07, 6.45) is 0.567. The Morgan fingerprint density at radius 2 is 2.11 bits per heavy atom. The van der Waals surface area contributed by atoms with Crippen LogP contribution in [-0.4, -0.2) is 31.8 Å². The van der Waals surface area contributed by atoms with Gasteiger partial charge in [-0.3, -0.25) is 4.79 Å². The van der Waals surface area contributed by atoms with Crippen LogP contribution in [0.1, 0.15) is 12.5 Å². The molecule has 1 unspecified atom stereocenters. The summed E-state index contributed by atoms with van der Waals surface area (Å²) >= 11 is 0. The zero-order chi connectivity index (χ0) is 13.7. The van der Waals surface area contributed by atoms with E-state index in [1.165, 1.54) is 0 Å². The van der Waals surface area contributed by atoms with E-state index < -0.39 is 11.9 Å². The van der Waals surface area contributed by atoms with Gasteiger partial charge in [0, 0.05) is 0 Å². The van der Waals surface area contributed by atoms with E-state index in [0.717, 1.165) is 11.3 Å². The van der Waals surface area contributed by atoms with E-state index in [9.17, 15) is 9.59 Å². The third-order valence-corrected chi connectivity index (χ3v) is 2.85. The van der Waals surface area contributed by atoms with E-state index in [-0.39, 0.29) is 25.7 Å². The maximum absolute atomic E-state index is 11.8. The number of para-hydroxylation sites is 1. The molecule has 0 bridgehead atoms. The molecule has 2 rings (SSSR count). The molecule has 5 heteroatoms. The highest BCUT2D eigenvalue weighted by Crippen LogP contribution is 2.27. The molecule has 5 nitrogen and oxygen atoms in total. The second kappa shape index (κ2) is 6.22. The van der Waals surface area contributed by atoms with E-state index in [1.54, 1.807) is 6.92 Å². The van der Waals surface area contributed by atoms with Crippen molar-refractivity contribution in [2.75, 3.05) is 19.8 Å². The Bertz CT molecular complexity index is 469. The molecule has 0 aromatic heterocycles. The second-order valence-electron chi connectivity index (χ2n) is 4.23. The van der Waals surface area contributed by atoms with Crippen LogP contribution in [0.3, 0.4) is 0 Å². The topological polar surface area (TPSA) is 61.8 Å². The maximum atomic E-state index is 11.8. The summed E-state index contributed by atoms with van der Waals surface area (Å²) in [7, 11) is 0. The monoisotopic (exact) mass is 264 g/mol. The number of benzene rings is 1. The van der Waals surface area contributed by atoms with Crippen molar-refractivity contribution < 1.29 is 23.8 Å². The molecule has 0 spiro atoms. The summed E-state index contributed by atoms with van der Waals surface area (Å²) in [5, 5.41) is 0. The normalized spacial score (nSPS) is 17.0. The molecule has 0 fully saturated rings. The summed E-state index contributed by atoms with van der Waals surface area (Å²) in [4.78, 5) is 22.9. The highest BCUT2D eigenvalue weighted by molar-refractivity contribution is 5.78. The molecule has 19 heavy (non-hydrogen) atoms. The first-order valence-corrected chi connectivity index (χ1v) is 6.23. The molecule has 0 amide bonds. The van der Waals surface area contributed by atoms with Crippen molar-refractivity contribution in [2.45, 2.75) is 13.3 Å². The number of carbonyl (C=O) groups is 2. The van der Waals surface area contributed by atoms with Crippen molar-refractivity contribution in [3.63, 3.8) is 0 Å². The van der Waals surface area contributed by atoms with Crippen molar-refractivity contribution in [1.82, 2.24) is 0 Å². The predicted octanol–water partition coefficient (Wildman–Crippen LogP) is 1.34. The third kappa shape index (κ3) is 3.47. The molecule has 0 saturated carbocycles. The molecule has 1 aliphatic heterocycles. The Balaban J connectivity index is 1.87. The highest BCUT2D eigenvalue weighted by Gasteiger charge is 2.27. The fraction of sp³-hybridized carbons (Fsp3) is 0.429. The van der Waals surface area contributed by atoms with Gasteiger partial charge in [-0.2, -0.15) is 0 Å². The van der Waals surface area contributed by atoms with Crippen molar-refractivity contribution in [2.24, 2.45) is 5.92 Å². The van der Waals surface area contributed by atoms with Crippen LogP contribution in [0.25, 0.3) is 0 Å². The van der Waals surface area contributed by atoms with Crippen LogP contribution in [-0.2, 0) is 25.5 Å². The van der Waals surface area contributed by atoms with Gasteiger partial charge in [0.2, 0.25) is 0 Å². The van der Waals surface area contributed by atoms with E-state index in [0.29, 0.717) is 6.42 Å². The molecular weight excluding hydrogens is 248 g/mol. The van der Waals surface area contributed by atoms with Gasteiger partial charge in [0.05, 0.1) is 12.5 Å². The summed E-state index contributed by atoms with van der Waals surface area (Å²) in [5.41, 5.74) is 0.979. The van der Waals surface area contributed by atoms with Gasteiger partial charge in [0.15, 0.2) is 6.61 Å². The Morgan fingerprint density at radius 3 is 2.89 bits per heavy atom. The fourth-order valence-electron chi connectivity index (χ4n) is 1.93. The van der Waals surface area contributed by atoms with Gasteiger partial charge in [-0.05, 0) is 25.0 Å². The smallest absolute Gasteiger partial charge is 0.344 e. The number of esters is 2. The first kappa shape index (κ1) is 13.4. The first-order valence-electron chi connectivity index (χ1n) is 6.23. The lowest BCUT2D eigenvalue weighted by atomic mass is 9.97. The Morgan fingerprint density at radius 1 is 1.32 bits per heavy atom. The van der Waals surface area contributed by atoms with Gasteiger partial charge in [-0.25, -0.2) is 4.79 Å². The molecule has 1 aromatic carbocycles. The fourth-order valence-corrected chi connectivity index (χ4v) is 1.93. The molecule has 1 heterocycles. The molecule has 0 radical (unpaired) electrons. The lowest BCUT2D eigenvalue weighted by Crippen LogP contribution is -2.31. The van der Waals surface area contributed by atoms with Gasteiger partial charge >= 0.3 is 11.9 Å². The number of hydrogen-bond acceptors (Lipinski definition) is 5. The highest BCUT2D eigenvalue weighted by atomic mass is 16.6. The lowest BCUT2D eigenvalue weighted by Gasteiger charge is -2.23. The first-order chi connectivity index (χ1) is 9.20. The average molecular weight is 264 g/mol. The lowest BCUT2D eigenvalue weighted by molar-refractivity contribution is -0.161. The van der Waals surface area contributed by atoms with E-state index >= 15 is 0 Å². The van der Waals surface area contributed by atoms with Crippen molar-refractivity contribution >= 4 is 11.9 Å². The Kier molecular flexibility index (Phi) is 4.39. The molecule has 1 aliphatic rings. The number of carbonyl (C=O) groups excluding carboxylic acids is 2. The van der Waals surface area contributed by atoms with E-state index in [1.807, 2.05) is 24.3 Å². The van der Waals surface area contributed by atoms with Gasteiger partial charge in [0.1, 0.15) is 12.4 Å². The Labute approximate surface area is 111 Å². The van der Waals surface area contributed by atoms with Gasteiger partial charge in [0.25, 0.3) is 0 Å². The van der Waals surface area contributed by atoms with Crippen LogP contribution in [0.4, 0.5) is 0 Å². The summed E-state index contributed by atoms with van der Waals surface area (Å²) in [6, 6.07) is 7.57. The summed E-state index contributed by atoms with van der Waals surface area (Å²) in [6.45, 7) is 1.91. The SMILES string of the molecule is CCOC(=O)COC(=O)C1COc2ccccc2C1. The minimum atomic E-state index is -0.534. The number of fused-ring (bicyclic) bond motifs is 1. The maximum Gasteiger partial charge on any atom is 0.344 e. The minimum absolute atomic E-state index is 0.274. The van der Waals surface area contributed by atoms with Crippen molar-refractivity contribution in [3.8, 4) is 5.75 Å². The molecule has 0 N–H and O–H groups in total. The second-order valence-corrected chi connectivity index (χ2v) is 4.23. The van der Waals surface area contributed by atoms with Crippen LogP contribution in [0.15, 0.2) is 24.3 Å². The summed E-state index contributed by atoms with van der Waals surface area (Å²) < 4.78 is 15.1. The van der Waals surface area contributed by atoms with Crippen molar-refractivity contribution in [1.29, 1.82) is 0 Å². The zero-order valence-electron chi connectivity index (χ0n) is 10.8. The number of ether oxygens (including phenoxy) is 3.